The van der Waals surface area contributed by atoms with Crippen LogP contribution in [0.3, 0.4) is 0 Å². The first-order chi connectivity index (χ1) is 14.7. The third kappa shape index (κ3) is 4.51. The Hall–Kier alpha value is -2.68. The first-order valence-corrected chi connectivity index (χ1v) is 10.3. The van der Waals surface area contributed by atoms with Crippen LogP contribution in [0.15, 0.2) is 35.3 Å². The van der Waals surface area contributed by atoms with E-state index >= 15 is 0 Å². The molecular weight excluding hydrogens is 437 g/mol. The number of nitrogens with zero attached hydrogens (tertiary/aromatic N) is 2. The third-order valence-electron chi connectivity index (χ3n) is 5.40. The minimum absolute atomic E-state index is 0.262. The lowest BCUT2D eigenvalue weighted by atomic mass is 10.0. The summed E-state index contributed by atoms with van der Waals surface area (Å²) in [5, 5.41) is -0.580. The van der Waals surface area contributed by atoms with Crippen molar-refractivity contribution < 1.29 is 27.4 Å². The van der Waals surface area contributed by atoms with Crippen molar-refractivity contribution in [3.05, 3.63) is 57.0 Å². The van der Waals surface area contributed by atoms with Crippen LogP contribution < -0.4 is 15.0 Å². The Morgan fingerprint density at radius 2 is 1.87 bits per heavy atom. The average molecular weight is 457 g/mol. The molecule has 1 unspecified atom stereocenters. The fraction of sp³-hybridized carbons (Fsp3) is 0.429. The van der Waals surface area contributed by atoms with Gasteiger partial charge in [0.05, 0.1) is 24.8 Å². The van der Waals surface area contributed by atoms with Gasteiger partial charge in [0.2, 0.25) is 5.91 Å². The van der Waals surface area contributed by atoms with E-state index in [0.29, 0.717) is 49.9 Å². The zero-order chi connectivity index (χ0) is 22.2. The second-order valence-corrected chi connectivity index (χ2v) is 7.92. The molecule has 31 heavy (non-hydrogen) atoms. The van der Waals surface area contributed by atoms with E-state index in [9.17, 15) is 22.8 Å². The fourth-order valence-electron chi connectivity index (χ4n) is 3.91. The highest BCUT2D eigenvalue weighted by Gasteiger charge is 2.34. The topological polar surface area (TPSA) is 60.8 Å². The van der Waals surface area contributed by atoms with E-state index in [0.717, 1.165) is 23.0 Å². The van der Waals surface area contributed by atoms with Gasteiger partial charge < -0.3 is 18.9 Å². The van der Waals surface area contributed by atoms with Crippen molar-refractivity contribution in [2.75, 3.05) is 19.8 Å². The van der Waals surface area contributed by atoms with Crippen molar-refractivity contribution in [3.63, 3.8) is 0 Å². The maximum Gasteiger partial charge on any atom is 0.417 e. The van der Waals surface area contributed by atoms with E-state index in [1.165, 1.54) is 0 Å². The smallest absolute Gasteiger partial charge is 0.417 e. The number of pyridine rings is 1. The minimum Gasteiger partial charge on any atom is -0.490 e. The molecule has 166 valence electrons. The Balaban J connectivity index is 1.57. The Morgan fingerprint density at radius 3 is 2.61 bits per heavy atom. The molecule has 4 rings (SSSR count). The first kappa shape index (κ1) is 21.5. The van der Waals surface area contributed by atoms with Crippen molar-refractivity contribution in [1.29, 1.82) is 0 Å². The van der Waals surface area contributed by atoms with Gasteiger partial charge in [-0.1, -0.05) is 17.7 Å². The lowest BCUT2D eigenvalue weighted by Crippen LogP contribution is -2.36. The first-order valence-electron chi connectivity index (χ1n) is 9.90. The van der Waals surface area contributed by atoms with E-state index in [4.69, 9.17) is 21.1 Å². The van der Waals surface area contributed by atoms with E-state index in [1.54, 1.807) is 11.0 Å². The number of alkyl halides is 3. The molecule has 1 aromatic carbocycles. The molecule has 6 nitrogen and oxygen atoms in total. The summed E-state index contributed by atoms with van der Waals surface area (Å²) in [4.78, 5) is 26.7. The van der Waals surface area contributed by atoms with E-state index in [-0.39, 0.29) is 6.04 Å². The molecule has 0 saturated carbocycles. The van der Waals surface area contributed by atoms with Gasteiger partial charge in [0.15, 0.2) is 11.5 Å². The van der Waals surface area contributed by atoms with Gasteiger partial charge in [-0.05, 0) is 36.6 Å². The Labute approximate surface area is 181 Å². The molecule has 0 radical (unpaired) electrons. The van der Waals surface area contributed by atoms with Crippen LogP contribution in [0.2, 0.25) is 5.02 Å². The van der Waals surface area contributed by atoms with Crippen LogP contribution in [0, 0.1) is 0 Å². The van der Waals surface area contributed by atoms with Crippen molar-refractivity contribution in [3.8, 4) is 11.5 Å². The Bertz CT molecular complexity index is 1050. The fourth-order valence-corrected chi connectivity index (χ4v) is 4.13. The Kier molecular flexibility index (Phi) is 5.88. The molecule has 10 heteroatoms. The number of hydrogen-bond donors (Lipinski definition) is 0. The van der Waals surface area contributed by atoms with E-state index in [1.807, 2.05) is 12.1 Å². The number of hydrogen-bond acceptors (Lipinski definition) is 4. The SMILES string of the molecule is O=C(Cn1cc(C(F)(F)F)cc(Cl)c1=O)N1CCCC1c1ccc2c(c1)OCCCO2. The number of carbonyl (C=O) groups excluding carboxylic acids is 1. The van der Waals surface area contributed by atoms with Crippen LogP contribution in [0.4, 0.5) is 13.2 Å². The molecule has 0 bridgehead atoms. The van der Waals surface area contributed by atoms with Crippen molar-refractivity contribution in [2.24, 2.45) is 0 Å². The monoisotopic (exact) mass is 456 g/mol. The van der Waals surface area contributed by atoms with Gasteiger partial charge in [-0.3, -0.25) is 9.59 Å². The lowest BCUT2D eigenvalue weighted by Gasteiger charge is -2.26. The number of likely N-dealkylation sites (tertiary alicyclic amines) is 1. The quantitative estimate of drug-likeness (QED) is 0.699. The van der Waals surface area contributed by atoms with Crippen LogP contribution >= 0.6 is 11.6 Å². The molecule has 1 aromatic heterocycles. The largest absolute Gasteiger partial charge is 0.490 e. The Morgan fingerprint density at radius 1 is 1.13 bits per heavy atom. The summed E-state index contributed by atoms with van der Waals surface area (Å²) in [6, 6.07) is 5.80. The van der Waals surface area contributed by atoms with Gasteiger partial charge in [0.25, 0.3) is 5.56 Å². The van der Waals surface area contributed by atoms with Crippen LogP contribution in [-0.4, -0.2) is 35.1 Å². The second kappa shape index (κ2) is 8.45. The summed E-state index contributed by atoms with van der Waals surface area (Å²) < 4.78 is 51.3. The molecule has 0 N–H and O–H groups in total. The summed E-state index contributed by atoms with van der Waals surface area (Å²) >= 11 is 5.69. The highest BCUT2D eigenvalue weighted by Crippen LogP contribution is 2.38. The van der Waals surface area contributed by atoms with Gasteiger partial charge in [-0.15, -0.1) is 0 Å². The zero-order valence-corrected chi connectivity index (χ0v) is 17.2. The molecule has 1 atom stereocenters. The van der Waals surface area contributed by atoms with Crippen LogP contribution in [0.5, 0.6) is 11.5 Å². The number of aromatic nitrogens is 1. The van der Waals surface area contributed by atoms with E-state index < -0.39 is 34.8 Å². The molecule has 2 aromatic rings. The van der Waals surface area contributed by atoms with Gasteiger partial charge in [0.1, 0.15) is 11.6 Å². The van der Waals surface area contributed by atoms with Gasteiger partial charge in [-0.25, -0.2) is 0 Å². The zero-order valence-electron chi connectivity index (χ0n) is 16.5. The molecule has 2 aliphatic rings. The van der Waals surface area contributed by atoms with Crippen LogP contribution in [-0.2, 0) is 17.5 Å². The number of amides is 1. The third-order valence-corrected chi connectivity index (χ3v) is 5.68. The summed E-state index contributed by atoms with van der Waals surface area (Å²) in [5.41, 5.74) is -1.07. The molecule has 1 saturated heterocycles. The molecule has 0 aliphatic carbocycles. The molecule has 1 fully saturated rings. The molecule has 0 spiro atoms. The summed E-state index contributed by atoms with van der Waals surface area (Å²) in [5.74, 6) is 0.796. The molecule has 3 heterocycles. The highest BCUT2D eigenvalue weighted by molar-refractivity contribution is 6.30. The standard InChI is InChI=1S/C21H20ClF3N2O4/c22-15-10-14(21(23,24)25)11-26(20(15)29)12-19(28)27-6-1-3-16(27)13-4-5-17-18(9-13)31-8-2-7-30-17/h4-5,9-11,16H,1-3,6-8,12H2. The predicted octanol–water partition coefficient (Wildman–Crippen LogP) is 4.05. The normalized spacial score (nSPS) is 18.7. The number of carbonyl (C=O) groups is 1. The number of halogens is 4. The van der Waals surface area contributed by atoms with Crippen molar-refractivity contribution in [2.45, 2.75) is 38.0 Å². The molecule has 2 aliphatic heterocycles. The van der Waals surface area contributed by atoms with Crippen molar-refractivity contribution >= 4 is 17.5 Å². The van der Waals surface area contributed by atoms with Crippen LogP contribution in [0.1, 0.15) is 36.4 Å². The number of ether oxygens (including phenoxy) is 2. The van der Waals surface area contributed by atoms with E-state index in [2.05, 4.69) is 0 Å². The number of fused-ring (bicyclic) bond motifs is 1. The van der Waals surface area contributed by atoms with Gasteiger partial charge in [0, 0.05) is 19.2 Å². The summed E-state index contributed by atoms with van der Waals surface area (Å²) in [7, 11) is 0. The maximum absolute atomic E-state index is 13.1. The second-order valence-electron chi connectivity index (χ2n) is 7.51. The highest BCUT2D eigenvalue weighted by atomic mass is 35.5. The minimum atomic E-state index is -4.68. The summed E-state index contributed by atoms with van der Waals surface area (Å²) in [6.45, 7) is 1.01. The molecule has 1 amide bonds. The van der Waals surface area contributed by atoms with Crippen molar-refractivity contribution in [1.82, 2.24) is 9.47 Å². The van der Waals surface area contributed by atoms with Gasteiger partial charge >= 0.3 is 6.18 Å². The number of benzene rings is 1. The van der Waals surface area contributed by atoms with Crippen LogP contribution in [0.25, 0.3) is 0 Å². The number of rotatable bonds is 3. The molecular formula is C21H20ClF3N2O4. The predicted molar refractivity (Wildman–Crippen MR) is 106 cm³/mol. The summed E-state index contributed by atoms with van der Waals surface area (Å²) in [6.07, 6.45) is -1.84. The lowest BCUT2D eigenvalue weighted by molar-refractivity contribution is -0.139. The van der Waals surface area contributed by atoms with Gasteiger partial charge in [-0.2, -0.15) is 13.2 Å². The average Bonchev–Trinajstić information content (AvgIpc) is 3.09. The maximum atomic E-state index is 13.1.